The largest absolute Gasteiger partial charge is 0.334 e. The van der Waals surface area contributed by atoms with Crippen LogP contribution in [0.3, 0.4) is 0 Å². The first-order valence-corrected chi connectivity index (χ1v) is 6.62. The van der Waals surface area contributed by atoms with E-state index in [-0.39, 0.29) is 0 Å². The zero-order valence-corrected chi connectivity index (χ0v) is 11.4. The molecule has 0 radical (unpaired) electrons. The summed E-state index contributed by atoms with van der Waals surface area (Å²) in [7, 11) is 0. The first-order chi connectivity index (χ1) is 10.9. The zero-order chi connectivity index (χ0) is 14.8. The number of benzene rings is 1. The van der Waals surface area contributed by atoms with Gasteiger partial charge in [0.15, 0.2) is 5.69 Å². The highest BCUT2D eigenvalue weighted by Crippen LogP contribution is 2.20. The van der Waals surface area contributed by atoms with Crippen LogP contribution in [0.15, 0.2) is 65.6 Å². The quantitative estimate of drug-likeness (QED) is 0.576. The van der Waals surface area contributed by atoms with Gasteiger partial charge in [-0.25, -0.2) is 4.68 Å². The van der Waals surface area contributed by atoms with E-state index in [9.17, 15) is 0 Å². The molecule has 7 heteroatoms. The Bertz CT molecular complexity index is 809. The topological polar surface area (TPSA) is 82.5 Å². The van der Waals surface area contributed by atoms with Crippen LogP contribution in [0, 0.1) is 0 Å². The molecule has 0 amide bonds. The second kappa shape index (κ2) is 5.21. The van der Waals surface area contributed by atoms with Gasteiger partial charge < -0.3 is 4.52 Å². The molecular formula is C15H10N6O. The molecule has 0 aliphatic rings. The first kappa shape index (κ1) is 12.4. The predicted molar refractivity (Wildman–Crippen MR) is 77.9 cm³/mol. The summed E-state index contributed by atoms with van der Waals surface area (Å²) in [5.74, 6) is 0.820. The van der Waals surface area contributed by atoms with Crippen LogP contribution in [0.2, 0.25) is 0 Å². The minimum Gasteiger partial charge on any atom is -0.334 e. The number of aromatic nitrogens is 6. The standard InChI is InChI=1S/C15H10N6O/c1-2-4-12(5-3-1)21-10-13(18-20-21)14-17-15(22-19-14)11-6-8-16-9-7-11/h1-10H. The Balaban J connectivity index is 1.66. The average molecular weight is 290 g/mol. The molecule has 4 rings (SSSR count). The molecule has 0 aliphatic heterocycles. The molecule has 0 bridgehead atoms. The lowest BCUT2D eigenvalue weighted by Gasteiger charge is -1.96. The van der Waals surface area contributed by atoms with Crippen molar-refractivity contribution in [3.8, 4) is 28.7 Å². The van der Waals surface area contributed by atoms with Gasteiger partial charge in [-0.2, -0.15) is 4.98 Å². The van der Waals surface area contributed by atoms with Gasteiger partial charge >= 0.3 is 0 Å². The lowest BCUT2D eigenvalue weighted by molar-refractivity contribution is 0.432. The Labute approximate surface area is 125 Å². The van der Waals surface area contributed by atoms with Crippen LogP contribution < -0.4 is 0 Å². The monoisotopic (exact) mass is 290 g/mol. The molecule has 0 saturated heterocycles. The third kappa shape index (κ3) is 2.24. The Kier molecular flexibility index (Phi) is 2.93. The lowest BCUT2D eigenvalue weighted by atomic mass is 10.3. The van der Waals surface area contributed by atoms with Crippen molar-refractivity contribution < 1.29 is 4.52 Å². The van der Waals surface area contributed by atoms with E-state index in [1.54, 1.807) is 35.4 Å². The van der Waals surface area contributed by atoms with Crippen molar-refractivity contribution in [2.75, 3.05) is 0 Å². The SMILES string of the molecule is c1ccc(-n2cc(-c3noc(-c4ccncc4)n3)nn2)cc1. The van der Waals surface area contributed by atoms with E-state index in [0.717, 1.165) is 11.3 Å². The molecular weight excluding hydrogens is 280 g/mol. The summed E-state index contributed by atoms with van der Waals surface area (Å²) >= 11 is 0. The molecule has 106 valence electrons. The normalized spacial score (nSPS) is 10.7. The van der Waals surface area contributed by atoms with Crippen molar-refractivity contribution in [2.24, 2.45) is 0 Å². The fourth-order valence-corrected chi connectivity index (χ4v) is 2.01. The molecule has 3 heterocycles. The number of pyridine rings is 1. The fourth-order valence-electron chi connectivity index (χ4n) is 2.01. The van der Waals surface area contributed by atoms with E-state index in [1.165, 1.54) is 0 Å². The lowest BCUT2D eigenvalue weighted by Crippen LogP contribution is -1.93. The van der Waals surface area contributed by atoms with Gasteiger partial charge in [-0.1, -0.05) is 28.6 Å². The van der Waals surface area contributed by atoms with Crippen LogP contribution >= 0.6 is 0 Å². The molecule has 0 atom stereocenters. The summed E-state index contributed by atoms with van der Waals surface area (Å²) < 4.78 is 6.92. The first-order valence-electron chi connectivity index (χ1n) is 6.62. The summed E-state index contributed by atoms with van der Waals surface area (Å²) in [6.07, 6.45) is 5.10. The van der Waals surface area contributed by atoms with Crippen molar-refractivity contribution in [2.45, 2.75) is 0 Å². The molecule has 0 saturated carbocycles. The highest BCUT2D eigenvalue weighted by Gasteiger charge is 2.13. The van der Waals surface area contributed by atoms with Gasteiger partial charge in [-0.15, -0.1) is 5.10 Å². The molecule has 7 nitrogen and oxygen atoms in total. The van der Waals surface area contributed by atoms with Gasteiger partial charge in [0.1, 0.15) is 0 Å². The van der Waals surface area contributed by atoms with E-state index >= 15 is 0 Å². The molecule has 0 spiro atoms. The van der Waals surface area contributed by atoms with Crippen LogP contribution in [0.4, 0.5) is 0 Å². The molecule has 0 fully saturated rings. The molecule has 4 aromatic rings. The van der Waals surface area contributed by atoms with Crippen LogP contribution in [0.1, 0.15) is 0 Å². The molecule has 1 aromatic carbocycles. The summed E-state index contributed by atoms with van der Waals surface area (Å²) in [6.45, 7) is 0. The van der Waals surface area contributed by atoms with E-state index < -0.39 is 0 Å². The van der Waals surface area contributed by atoms with Gasteiger partial charge in [0, 0.05) is 18.0 Å². The maximum Gasteiger partial charge on any atom is 0.258 e. The van der Waals surface area contributed by atoms with Crippen LogP contribution in [-0.2, 0) is 0 Å². The van der Waals surface area contributed by atoms with Gasteiger partial charge in [-0.3, -0.25) is 4.98 Å². The smallest absolute Gasteiger partial charge is 0.258 e. The number of rotatable bonds is 3. The van der Waals surface area contributed by atoms with Crippen molar-refractivity contribution >= 4 is 0 Å². The van der Waals surface area contributed by atoms with Gasteiger partial charge in [0.05, 0.1) is 11.9 Å². The Morgan fingerprint density at radius 3 is 2.59 bits per heavy atom. The molecule has 0 unspecified atom stereocenters. The zero-order valence-electron chi connectivity index (χ0n) is 11.4. The van der Waals surface area contributed by atoms with E-state index in [4.69, 9.17) is 4.52 Å². The predicted octanol–water partition coefficient (Wildman–Crippen LogP) is 2.38. The van der Waals surface area contributed by atoms with Crippen LogP contribution in [0.25, 0.3) is 28.7 Å². The van der Waals surface area contributed by atoms with Gasteiger partial charge in [-0.05, 0) is 24.3 Å². The Morgan fingerprint density at radius 1 is 0.955 bits per heavy atom. The Hall–Kier alpha value is -3.35. The van der Waals surface area contributed by atoms with E-state index in [1.807, 2.05) is 30.3 Å². The highest BCUT2D eigenvalue weighted by atomic mass is 16.5. The second-order valence-electron chi connectivity index (χ2n) is 4.54. The summed E-state index contributed by atoms with van der Waals surface area (Å²) in [5.41, 5.74) is 2.27. The molecule has 0 aliphatic carbocycles. The van der Waals surface area contributed by atoms with Gasteiger partial charge in [0.25, 0.3) is 5.89 Å². The van der Waals surface area contributed by atoms with Gasteiger partial charge in [0.2, 0.25) is 5.82 Å². The Morgan fingerprint density at radius 2 is 1.77 bits per heavy atom. The summed E-state index contributed by atoms with van der Waals surface area (Å²) in [4.78, 5) is 8.29. The van der Waals surface area contributed by atoms with E-state index in [0.29, 0.717) is 17.4 Å². The third-order valence-electron chi connectivity index (χ3n) is 3.10. The maximum absolute atomic E-state index is 5.25. The van der Waals surface area contributed by atoms with Crippen molar-refractivity contribution in [1.82, 2.24) is 30.1 Å². The minimum atomic E-state index is 0.397. The van der Waals surface area contributed by atoms with Crippen LogP contribution in [0.5, 0.6) is 0 Å². The van der Waals surface area contributed by atoms with Crippen molar-refractivity contribution in [3.05, 3.63) is 61.1 Å². The number of hydrogen-bond donors (Lipinski definition) is 0. The van der Waals surface area contributed by atoms with Crippen molar-refractivity contribution in [3.63, 3.8) is 0 Å². The average Bonchev–Trinajstić information content (AvgIpc) is 3.26. The number of para-hydroxylation sites is 1. The number of nitrogens with zero attached hydrogens (tertiary/aromatic N) is 6. The molecule has 0 N–H and O–H groups in total. The fraction of sp³-hybridized carbons (Fsp3) is 0. The highest BCUT2D eigenvalue weighted by molar-refractivity contribution is 5.56. The molecule has 22 heavy (non-hydrogen) atoms. The minimum absolute atomic E-state index is 0.397. The van der Waals surface area contributed by atoms with Crippen molar-refractivity contribution in [1.29, 1.82) is 0 Å². The second-order valence-corrected chi connectivity index (χ2v) is 4.54. The molecule has 3 aromatic heterocycles. The van der Waals surface area contributed by atoms with Crippen LogP contribution in [-0.4, -0.2) is 30.1 Å². The maximum atomic E-state index is 5.25. The van der Waals surface area contributed by atoms with E-state index in [2.05, 4.69) is 25.4 Å². The number of hydrogen-bond acceptors (Lipinski definition) is 6. The summed E-state index contributed by atoms with van der Waals surface area (Å²) in [6, 6.07) is 13.3. The third-order valence-corrected chi connectivity index (χ3v) is 3.10. The summed E-state index contributed by atoms with van der Waals surface area (Å²) in [5, 5.41) is 12.1.